The molecule has 0 aliphatic carbocycles. The maximum absolute atomic E-state index is 13.2. The summed E-state index contributed by atoms with van der Waals surface area (Å²) in [7, 11) is 0. The van der Waals surface area contributed by atoms with Crippen LogP contribution in [-0.2, 0) is 22.6 Å². The van der Waals surface area contributed by atoms with E-state index in [-0.39, 0.29) is 29.6 Å². The van der Waals surface area contributed by atoms with Crippen molar-refractivity contribution in [3.05, 3.63) is 75.2 Å². The summed E-state index contributed by atoms with van der Waals surface area (Å²) in [5.41, 5.74) is 2.94. The summed E-state index contributed by atoms with van der Waals surface area (Å²) in [5, 5.41) is 0.702. The number of likely N-dealkylation sites (tertiary alicyclic amines) is 1. The fraction of sp³-hybridized carbons (Fsp3) is 0.345. The van der Waals surface area contributed by atoms with Crippen LogP contribution in [0.3, 0.4) is 0 Å². The first-order chi connectivity index (χ1) is 17.9. The Morgan fingerprint density at radius 3 is 2.73 bits per heavy atom. The van der Waals surface area contributed by atoms with E-state index in [0.717, 1.165) is 71.3 Å². The highest BCUT2D eigenvalue weighted by Crippen LogP contribution is 2.35. The zero-order valence-electron chi connectivity index (χ0n) is 20.9. The van der Waals surface area contributed by atoms with Crippen LogP contribution in [-0.4, -0.2) is 50.6 Å². The van der Waals surface area contributed by atoms with Crippen LogP contribution in [0.4, 0.5) is 4.79 Å². The molecule has 0 N–H and O–H groups in total. The smallest absolute Gasteiger partial charge is 0.293 e. The fourth-order valence-corrected chi connectivity index (χ4v) is 6.38. The minimum absolute atomic E-state index is 0.109. The van der Waals surface area contributed by atoms with Gasteiger partial charge in [-0.15, -0.1) is 0 Å². The molecule has 2 saturated heterocycles. The Kier molecular flexibility index (Phi) is 7.86. The number of thioether (sulfide) groups is 1. The predicted octanol–water partition coefficient (Wildman–Crippen LogP) is 6.47. The summed E-state index contributed by atoms with van der Waals surface area (Å²) in [6.07, 6.45) is 8.50. The minimum atomic E-state index is -0.253. The lowest BCUT2D eigenvalue weighted by molar-refractivity contribution is -0.135. The van der Waals surface area contributed by atoms with Crippen LogP contribution in [0.1, 0.15) is 43.7 Å². The molecule has 2 aliphatic rings. The molecule has 2 aromatic carbocycles. The van der Waals surface area contributed by atoms with Crippen molar-refractivity contribution in [1.82, 2.24) is 14.4 Å². The van der Waals surface area contributed by atoms with Crippen LogP contribution < -0.4 is 0 Å². The Labute approximate surface area is 229 Å². The standard InChI is InChI=1S/C29H30BrN3O3S/c1-20-8-5-6-14-32(20)27(34)19-31-18-22(24-17-23(30)12-13-25(24)31)16-26-28(35)33(29(36)37-26)15-7-11-21-9-3-2-4-10-21/h2-4,9-10,12-13,16-18,20H,5-8,11,14-15,19H2,1H3/b26-16-/t20-/m1/s1. The molecule has 2 fully saturated rings. The van der Waals surface area contributed by atoms with E-state index in [1.165, 1.54) is 10.5 Å². The third kappa shape index (κ3) is 5.70. The number of benzene rings is 2. The largest absolute Gasteiger partial charge is 0.338 e. The number of hydrogen-bond donors (Lipinski definition) is 0. The molecule has 0 bridgehead atoms. The van der Waals surface area contributed by atoms with Gasteiger partial charge in [-0.3, -0.25) is 19.3 Å². The van der Waals surface area contributed by atoms with Crippen molar-refractivity contribution in [3.63, 3.8) is 0 Å². The van der Waals surface area contributed by atoms with E-state index in [4.69, 9.17) is 0 Å². The quantitative estimate of drug-likeness (QED) is 0.301. The van der Waals surface area contributed by atoms with Gasteiger partial charge in [-0.05, 0) is 80.6 Å². The molecule has 3 heterocycles. The molecule has 2 aliphatic heterocycles. The molecular formula is C29H30BrN3O3S. The highest BCUT2D eigenvalue weighted by molar-refractivity contribution is 9.10. The normalized spacial score (nSPS) is 19.4. The van der Waals surface area contributed by atoms with Crippen molar-refractivity contribution in [2.45, 2.75) is 51.6 Å². The van der Waals surface area contributed by atoms with Crippen molar-refractivity contribution in [1.29, 1.82) is 0 Å². The van der Waals surface area contributed by atoms with E-state index < -0.39 is 0 Å². The van der Waals surface area contributed by atoms with Gasteiger partial charge in [0.25, 0.3) is 11.1 Å². The third-order valence-corrected chi connectivity index (χ3v) is 8.55. The lowest BCUT2D eigenvalue weighted by Gasteiger charge is -2.33. The highest BCUT2D eigenvalue weighted by Gasteiger charge is 2.35. The van der Waals surface area contributed by atoms with Gasteiger partial charge in [0, 0.05) is 46.3 Å². The third-order valence-electron chi connectivity index (χ3n) is 7.15. The molecule has 37 heavy (non-hydrogen) atoms. The van der Waals surface area contributed by atoms with Gasteiger partial charge in [0.15, 0.2) is 0 Å². The van der Waals surface area contributed by atoms with Gasteiger partial charge in [-0.1, -0.05) is 46.3 Å². The van der Waals surface area contributed by atoms with E-state index in [2.05, 4.69) is 35.0 Å². The van der Waals surface area contributed by atoms with Gasteiger partial charge in [-0.25, -0.2) is 0 Å². The Bertz CT molecular complexity index is 1370. The van der Waals surface area contributed by atoms with Gasteiger partial charge < -0.3 is 9.47 Å². The second-order valence-corrected chi connectivity index (χ2v) is 11.6. The van der Waals surface area contributed by atoms with Gasteiger partial charge >= 0.3 is 0 Å². The molecule has 0 saturated carbocycles. The summed E-state index contributed by atoms with van der Waals surface area (Å²) >= 11 is 4.53. The van der Waals surface area contributed by atoms with E-state index in [1.807, 2.05) is 52.1 Å². The Morgan fingerprint density at radius 2 is 1.95 bits per heavy atom. The number of halogens is 1. The molecule has 3 amide bonds. The first-order valence-corrected chi connectivity index (χ1v) is 14.4. The maximum atomic E-state index is 13.2. The van der Waals surface area contributed by atoms with E-state index >= 15 is 0 Å². The molecule has 6 nitrogen and oxygen atoms in total. The fourth-order valence-electron chi connectivity index (χ4n) is 5.17. The molecular weight excluding hydrogens is 550 g/mol. The first kappa shape index (κ1) is 25.8. The van der Waals surface area contributed by atoms with Crippen LogP contribution in [0.15, 0.2) is 64.1 Å². The first-order valence-electron chi connectivity index (χ1n) is 12.8. The average Bonchev–Trinajstić information content (AvgIpc) is 3.35. The molecule has 192 valence electrons. The van der Waals surface area contributed by atoms with Gasteiger partial charge in [0.2, 0.25) is 5.91 Å². The van der Waals surface area contributed by atoms with E-state index in [9.17, 15) is 14.4 Å². The number of rotatable bonds is 7. The summed E-state index contributed by atoms with van der Waals surface area (Å²) in [6, 6.07) is 16.3. The predicted molar refractivity (Wildman–Crippen MR) is 152 cm³/mol. The minimum Gasteiger partial charge on any atom is -0.338 e. The van der Waals surface area contributed by atoms with Crippen molar-refractivity contribution in [2.24, 2.45) is 0 Å². The molecule has 0 radical (unpaired) electrons. The molecule has 0 spiro atoms. The number of nitrogens with zero attached hydrogens (tertiary/aromatic N) is 3. The second-order valence-electron chi connectivity index (χ2n) is 9.73. The van der Waals surface area contributed by atoms with Gasteiger partial charge in [0.1, 0.15) is 6.54 Å². The summed E-state index contributed by atoms with van der Waals surface area (Å²) in [6.45, 7) is 3.56. The molecule has 5 rings (SSSR count). The molecule has 0 unspecified atom stereocenters. The number of carbonyl (C=O) groups excluding carboxylic acids is 3. The van der Waals surface area contributed by atoms with Gasteiger partial charge in [0.05, 0.1) is 4.91 Å². The molecule has 1 atom stereocenters. The summed E-state index contributed by atoms with van der Waals surface area (Å²) < 4.78 is 2.87. The van der Waals surface area contributed by atoms with Crippen LogP contribution >= 0.6 is 27.7 Å². The van der Waals surface area contributed by atoms with Crippen molar-refractivity contribution < 1.29 is 14.4 Å². The number of aryl methyl sites for hydroxylation is 1. The molecule has 1 aromatic heterocycles. The van der Waals surface area contributed by atoms with Crippen molar-refractivity contribution >= 4 is 61.7 Å². The van der Waals surface area contributed by atoms with Crippen LogP contribution in [0.2, 0.25) is 0 Å². The van der Waals surface area contributed by atoms with E-state index in [0.29, 0.717) is 11.4 Å². The number of amides is 3. The number of carbonyl (C=O) groups is 3. The van der Waals surface area contributed by atoms with Gasteiger partial charge in [-0.2, -0.15) is 0 Å². The Morgan fingerprint density at radius 1 is 1.14 bits per heavy atom. The molecule has 3 aromatic rings. The zero-order valence-corrected chi connectivity index (χ0v) is 23.3. The maximum Gasteiger partial charge on any atom is 0.293 e. The molecule has 8 heteroatoms. The topological polar surface area (TPSA) is 62.6 Å². The number of aromatic nitrogens is 1. The van der Waals surface area contributed by atoms with Crippen LogP contribution in [0, 0.1) is 0 Å². The second kappa shape index (κ2) is 11.3. The Hall–Kier alpha value is -2.84. The summed E-state index contributed by atoms with van der Waals surface area (Å²) in [4.78, 5) is 42.7. The number of hydrogen-bond acceptors (Lipinski definition) is 4. The number of imide groups is 1. The number of piperidine rings is 1. The average molecular weight is 581 g/mol. The lowest BCUT2D eigenvalue weighted by Crippen LogP contribution is -2.43. The van der Waals surface area contributed by atoms with Crippen molar-refractivity contribution in [3.8, 4) is 0 Å². The number of fused-ring (bicyclic) bond motifs is 1. The van der Waals surface area contributed by atoms with E-state index in [1.54, 1.807) is 6.08 Å². The monoisotopic (exact) mass is 579 g/mol. The van der Waals surface area contributed by atoms with Crippen LogP contribution in [0.5, 0.6) is 0 Å². The highest BCUT2D eigenvalue weighted by atomic mass is 79.9. The van der Waals surface area contributed by atoms with Crippen LogP contribution in [0.25, 0.3) is 17.0 Å². The summed E-state index contributed by atoms with van der Waals surface area (Å²) in [5.74, 6) is -0.144. The Balaban J connectivity index is 1.35. The SMILES string of the molecule is C[C@@H]1CCCCN1C(=O)Cn1cc(/C=C2\SC(=O)N(CCCc3ccccc3)C2=O)c2cc(Br)ccc21. The zero-order chi connectivity index (χ0) is 25.9. The lowest BCUT2D eigenvalue weighted by atomic mass is 10.0. The van der Waals surface area contributed by atoms with Crippen molar-refractivity contribution in [2.75, 3.05) is 13.1 Å².